The van der Waals surface area contributed by atoms with Gasteiger partial charge >= 0.3 is 13.7 Å². The van der Waals surface area contributed by atoms with Crippen LogP contribution in [0.5, 0.6) is 5.75 Å². The minimum atomic E-state index is -4.33. The summed E-state index contributed by atoms with van der Waals surface area (Å²) in [7, 11) is -4.33. The second-order valence-electron chi connectivity index (χ2n) is 8.88. The second kappa shape index (κ2) is 12.8. The van der Waals surface area contributed by atoms with Crippen molar-refractivity contribution in [3.63, 3.8) is 0 Å². The molecule has 0 aromatic heterocycles. The SMILES string of the molecule is CCCN1C[C@H](O)[C@@H](O)[C@H](O)[C@H]1COP(=O)(Oc1ccccc1)N(Cc1ccccc1)[C@@H](C)C(=O)O. The van der Waals surface area contributed by atoms with Gasteiger partial charge in [0.15, 0.2) is 0 Å². The van der Waals surface area contributed by atoms with E-state index in [1.54, 1.807) is 59.5 Å². The largest absolute Gasteiger partial charge is 0.480 e. The fraction of sp³-hybridized carbons (Fsp3) is 0.480. The van der Waals surface area contributed by atoms with Crippen molar-refractivity contribution in [2.45, 2.75) is 57.2 Å². The van der Waals surface area contributed by atoms with Crippen LogP contribution in [0.4, 0.5) is 0 Å². The molecule has 11 heteroatoms. The lowest BCUT2D eigenvalue weighted by Crippen LogP contribution is -2.62. The third-order valence-electron chi connectivity index (χ3n) is 6.22. The summed E-state index contributed by atoms with van der Waals surface area (Å²) in [5.41, 5.74) is 0.704. The first-order valence-corrected chi connectivity index (χ1v) is 13.5. The van der Waals surface area contributed by atoms with E-state index < -0.39 is 44.1 Å². The van der Waals surface area contributed by atoms with Gasteiger partial charge in [0.05, 0.1) is 18.8 Å². The van der Waals surface area contributed by atoms with Crippen LogP contribution in [0.15, 0.2) is 60.7 Å². The fourth-order valence-electron chi connectivity index (χ4n) is 4.17. The molecule has 0 aliphatic carbocycles. The Balaban J connectivity index is 1.96. The third kappa shape index (κ3) is 6.92. The molecule has 10 nitrogen and oxygen atoms in total. The van der Waals surface area contributed by atoms with Crippen LogP contribution in [0.1, 0.15) is 25.8 Å². The molecule has 6 atom stereocenters. The van der Waals surface area contributed by atoms with E-state index >= 15 is 0 Å². The van der Waals surface area contributed by atoms with Crippen LogP contribution in [0.2, 0.25) is 0 Å². The summed E-state index contributed by atoms with van der Waals surface area (Å²) in [6.45, 7) is 3.56. The number of hydrogen-bond acceptors (Lipinski definition) is 8. The lowest BCUT2D eigenvalue weighted by Gasteiger charge is -2.44. The van der Waals surface area contributed by atoms with E-state index in [0.717, 1.165) is 0 Å². The molecule has 198 valence electrons. The van der Waals surface area contributed by atoms with E-state index in [0.29, 0.717) is 18.5 Å². The number of piperidine rings is 1. The number of carboxylic acid groups (broad SMARTS) is 1. The normalized spacial score (nSPS) is 25.3. The van der Waals surface area contributed by atoms with Crippen LogP contribution in [-0.4, -0.2) is 86.1 Å². The van der Waals surface area contributed by atoms with Gasteiger partial charge in [-0.1, -0.05) is 55.5 Å². The van der Waals surface area contributed by atoms with E-state index in [9.17, 15) is 29.8 Å². The van der Waals surface area contributed by atoms with Gasteiger partial charge in [-0.2, -0.15) is 4.67 Å². The number of aliphatic carboxylic acids is 1. The van der Waals surface area contributed by atoms with Crippen molar-refractivity contribution in [1.82, 2.24) is 9.57 Å². The number of likely N-dealkylation sites (tertiary alicyclic amines) is 1. The van der Waals surface area contributed by atoms with Crippen molar-refractivity contribution < 1.29 is 38.8 Å². The molecule has 1 aliphatic rings. The fourth-order valence-corrected chi connectivity index (χ4v) is 6.07. The molecular weight excluding hydrogens is 487 g/mol. The number of β-amino-alcohol motifs (C(OH)–C–C–N with tert-alkyl or cyclic N) is 1. The lowest BCUT2D eigenvalue weighted by molar-refractivity contribution is -0.145. The first-order valence-electron chi connectivity index (χ1n) is 12.0. The zero-order valence-electron chi connectivity index (χ0n) is 20.5. The molecule has 4 N–H and O–H groups in total. The molecule has 0 radical (unpaired) electrons. The highest BCUT2D eigenvalue weighted by molar-refractivity contribution is 7.51. The Hall–Kier alpha value is -2.30. The van der Waals surface area contributed by atoms with Crippen molar-refractivity contribution in [2.75, 3.05) is 19.7 Å². The lowest BCUT2D eigenvalue weighted by atomic mass is 9.94. The minimum absolute atomic E-state index is 0.0361. The molecule has 3 rings (SSSR count). The van der Waals surface area contributed by atoms with Crippen molar-refractivity contribution >= 4 is 13.7 Å². The number of rotatable bonds is 12. The van der Waals surface area contributed by atoms with Crippen molar-refractivity contribution in [3.8, 4) is 5.75 Å². The molecule has 0 spiro atoms. The van der Waals surface area contributed by atoms with Gasteiger partial charge in [-0.05, 0) is 37.6 Å². The van der Waals surface area contributed by atoms with Crippen molar-refractivity contribution in [2.24, 2.45) is 0 Å². The topological polar surface area (TPSA) is 140 Å². The summed E-state index contributed by atoms with van der Waals surface area (Å²) in [6.07, 6.45) is -3.21. The molecule has 1 saturated heterocycles. The quantitative estimate of drug-likeness (QED) is 0.307. The van der Waals surface area contributed by atoms with Gasteiger partial charge in [0.25, 0.3) is 0 Å². The number of benzene rings is 2. The molecule has 1 heterocycles. The number of nitrogens with zero attached hydrogens (tertiary/aromatic N) is 2. The summed E-state index contributed by atoms with van der Waals surface area (Å²) in [4.78, 5) is 13.8. The number of para-hydroxylation sites is 1. The molecular formula is C25H35N2O8P. The highest BCUT2D eigenvalue weighted by Crippen LogP contribution is 2.54. The Bertz CT molecular complexity index is 1010. The molecule has 36 heavy (non-hydrogen) atoms. The van der Waals surface area contributed by atoms with E-state index in [1.807, 2.05) is 13.0 Å². The number of carbonyl (C=O) groups is 1. The van der Waals surface area contributed by atoms with E-state index in [-0.39, 0.29) is 25.4 Å². The van der Waals surface area contributed by atoms with Crippen LogP contribution >= 0.6 is 7.75 Å². The number of carboxylic acids is 1. The summed E-state index contributed by atoms with van der Waals surface area (Å²) in [5.74, 6) is -0.989. The first-order chi connectivity index (χ1) is 17.2. The first kappa shape index (κ1) is 28.3. The Kier molecular flexibility index (Phi) is 10.0. The monoisotopic (exact) mass is 522 g/mol. The van der Waals surface area contributed by atoms with Crippen LogP contribution in [-0.2, 0) is 20.4 Å². The molecule has 1 unspecified atom stereocenters. The van der Waals surface area contributed by atoms with Gasteiger partial charge in [-0.3, -0.25) is 14.2 Å². The van der Waals surface area contributed by atoms with Gasteiger partial charge in [-0.25, -0.2) is 4.57 Å². The molecule has 1 fully saturated rings. The Morgan fingerprint density at radius 1 is 1.08 bits per heavy atom. The maximum atomic E-state index is 14.4. The average molecular weight is 523 g/mol. The zero-order chi connectivity index (χ0) is 26.3. The van der Waals surface area contributed by atoms with Crippen LogP contribution in [0.3, 0.4) is 0 Å². The van der Waals surface area contributed by atoms with Gasteiger partial charge < -0.3 is 24.9 Å². The van der Waals surface area contributed by atoms with E-state index in [2.05, 4.69) is 0 Å². The van der Waals surface area contributed by atoms with E-state index in [4.69, 9.17) is 9.05 Å². The van der Waals surface area contributed by atoms with E-state index in [1.165, 1.54) is 11.6 Å². The van der Waals surface area contributed by atoms with Gasteiger partial charge in [0.1, 0.15) is 24.0 Å². The molecule has 0 bridgehead atoms. The third-order valence-corrected chi connectivity index (χ3v) is 8.25. The van der Waals surface area contributed by atoms with Gasteiger partial charge in [0.2, 0.25) is 0 Å². The average Bonchev–Trinajstić information content (AvgIpc) is 2.86. The molecule has 0 amide bonds. The maximum absolute atomic E-state index is 14.4. The smallest absolute Gasteiger partial charge is 0.462 e. The molecule has 1 aliphatic heterocycles. The number of aliphatic hydroxyl groups excluding tert-OH is 3. The Labute approximate surface area is 211 Å². The van der Waals surface area contributed by atoms with Crippen LogP contribution in [0.25, 0.3) is 0 Å². The minimum Gasteiger partial charge on any atom is -0.480 e. The highest BCUT2D eigenvalue weighted by Gasteiger charge is 2.46. The summed E-state index contributed by atoms with van der Waals surface area (Å²) < 4.78 is 27.3. The summed E-state index contributed by atoms with van der Waals surface area (Å²) in [5, 5.41) is 40.9. The van der Waals surface area contributed by atoms with Crippen molar-refractivity contribution in [1.29, 1.82) is 0 Å². The predicted molar refractivity (Wildman–Crippen MR) is 133 cm³/mol. The number of aliphatic hydroxyl groups is 3. The summed E-state index contributed by atoms with van der Waals surface area (Å²) in [6, 6.07) is 15.2. The highest BCUT2D eigenvalue weighted by atomic mass is 31.2. The second-order valence-corrected chi connectivity index (χ2v) is 10.8. The maximum Gasteiger partial charge on any atom is 0.462 e. The Morgan fingerprint density at radius 3 is 2.28 bits per heavy atom. The molecule has 2 aromatic rings. The summed E-state index contributed by atoms with van der Waals surface area (Å²) >= 11 is 0. The standard InChI is InChI=1S/C25H35N2O8P/c1-3-14-26-16-22(28)24(30)23(29)21(26)17-34-36(33,35-20-12-8-5-9-13-20)27(18(2)25(31)32)15-19-10-6-4-7-11-19/h4-13,18,21-24,28-30H,3,14-17H2,1-2H3,(H,31,32)/t18-,21+,22-,23+,24+,36?/m0/s1. The zero-order valence-corrected chi connectivity index (χ0v) is 21.4. The number of hydrogen-bond donors (Lipinski definition) is 4. The molecule has 2 aromatic carbocycles. The van der Waals surface area contributed by atoms with Crippen LogP contribution < -0.4 is 4.52 Å². The van der Waals surface area contributed by atoms with Gasteiger partial charge in [0, 0.05) is 13.1 Å². The Morgan fingerprint density at radius 2 is 1.69 bits per heavy atom. The van der Waals surface area contributed by atoms with Gasteiger partial charge in [-0.15, -0.1) is 0 Å². The van der Waals surface area contributed by atoms with Crippen molar-refractivity contribution in [3.05, 3.63) is 66.2 Å². The molecule has 0 saturated carbocycles. The predicted octanol–water partition coefficient (Wildman–Crippen LogP) is 2.34. The van der Waals surface area contributed by atoms with Crippen LogP contribution in [0, 0.1) is 0 Å².